The van der Waals surface area contributed by atoms with E-state index in [0.717, 1.165) is 28.0 Å². The lowest BCUT2D eigenvalue weighted by atomic mass is 10.1. The van der Waals surface area contributed by atoms with Crippen LogP contribution in [0.4, 0.5) is 0 Å². The van der Waals surface area contributed by atoms with E-state index in [1.54, 1.807) is 6.08 Å². The lowest BCUT2D eigenvalue weighted by Gasteiger charge is -2.06. The summed E-state index contributed by atoms with van der Waals surface area (Å²) in [5.74, 6) is 0. The van der Waals surface area contributed by atoms with Crippen LogP contribution in [-0.2, 0) is 0 Å². The van der Waals surface area contributed by atoms with Gasteiger partial charge in [-0.2, -0.15) is 0 Å². The second-order valence-electron chi connectivity index (χ2n) is 3.93. The van der Waals surface area contributed by atoms with Crippen LogP contribution in [0.25, 0.3) is 22.7 Å². The Morgan fingerprint density at radius 2 is 2.00 bits per heavy atom. The second kappa shape index (κ2) is 3.89. The molecule has 16 heavy (non-hydrogen) atoms. The minimum absolute atomic E-state index is 0.797. The molecule has 0 aliphatic heterocycles. The number of hydrogen-bond acceptors (Lipinski definition) is 2. The quantitative estimate of drug-likeness (QED) is 0.756. The molecule has 2 aromatic rings. The average molecular weight is 210 g/mol. The Balaban J connectivity index is 2.80. The maximum absolute atomic E-state index is 4.55. The molecule has 1 aromatic carbocycles. The fourth-order valence-electron chi connectivity index (χ4n) is 1.63. The van der Waals surface area contributed by atoms with Gasteiger partial charge in [-0.25, -0.2) is 9.97 Å². The van der Waals surface area contributed by atoms with Gasteiger partial charge in [-0.3, -0.25) is 0 Å². The van der Waals surface area contributed by atoms with Crippen LogP contribution in [0, 0.1) is 6.92 Å². The maximum Gasteiger partial charge on any atom is 0.0917 e. The minimum atomic E-state index is 0.797. The number of hydrogen-bond donors (Lipinski definition) is 0. The van der Waals surface area contributed by atoms with Crippen LogP contribution in [-0.4, -0.2) is 9.97 Å². The second-order valence-corrected chi connectivity index (χ2v) is 3.93. The van der Waals surface area contributed by atoms with Crippen molar-refractivity contribution in [2.75, 3.05) is 0 Å². The SMILES string of the molecule is C=Cc1nc2cc(C)ccc2nc1C(=C)C. The molecule has 0 amide bonds. The number of rotatable bonds is 2. The van der Waals surface area contributed by atoms with Crippen molar-refractivity contribution in [3.8, 4) is 0 Å². The van der Waals surface area contributed by atoms with E-state index in [4.69, 9.17) is 0 Å². The van der Waals surface area contributed by atoms with Crippen molar-refractivity contribution in [2.24, 2.45) is 0 Å². The molecule has 0 aliphatic carbocycles. The van der Waals surface area contributed by atoms with E-state index in [9.17, 15) is 0 Å². The van der Waals surface area contributed by atoms with Gasteiger partial charge in [0.15, 0.2) is 0 Å². The minimum Gasteiger partial charge on any atom is -0.245 e. The summed E-state index contributed by atoms with van der Waals surface area (Å²) in [4.78, 5) is 9.09. The van der Waals surface area contributed by atoms with Crippen LogP contribution in [0.1, 0.15) is 23.9 Å². The number of benzene rings is 1. The zero-order valence-electron chi connectivity index (χ0n) is 9.62. The van der Waals surface area contributed by atoms with Crippen LogP contribution < -0.4 is 0 Å². The summed E-state index contributed by atoms with van der Waals surface area (Å²) < 4.78 is 0. The van der Waals surface area contributed by atoms with Crippen molar-refractivity contribution in [2.45, 2.75) is 13.8 Å². The fourth-order valence-corrected chi connectivity index (χ4v) is 1.63. The van der Waals surface area contributed by atoms with Crippen molar-refractivity contribution in [3.63, 3.8) is 0 Å². The normalized spacial score (nSPS) is 10.4. The number of aryl methyl sites for hydroxylation is 1. The Hall–Kier alpha value is -1.96. The van der Waals surface area contributed by atoms with E-state index in [1.807, 2.05) is 32.0 Å². The Morgan fingerprint density at radius 1 is 1.25 bits per heavy atom. The lowest BCUT2D eigenvalue weighted by molar-refractivity contribution is 1.22. The highest BCUT2D eigenvalue weighted by atomic mass is 14.8. The van der Waals surface area contributed by atoms with Gasteiger partial charge in [-0.15, -0.1) is 0 Å². The van der Waals surface area contributed by atoms with Crippen LogP contribution in [0.15, 0.2) is 31.4 Å². The summed E-state index contributed by atoms with van der Waals surface area (Å²) in [5.41, 5.74) is 5.51. The molecular formula is C14H14N2. The molecule has 0 N–H and O–H groups in total. The molecule has 0 atom stereocenters. The van der Waals surface area contributed by atoms with Gasteiger partial charge in [0.25, 0.3) is 0 Å². The Labute approximate surface area is 95.4 Å². The first-order valence-electron chi connectivity index (χ1n) is 5.18. The van der Waals surface area contributed by atoms with Crippen molar-refractivity contribution >= 4 is 22.7 Å². The van der Waals surface area contributed by atoms with E-state index < -0.39 is 0 Å². The van der Waals surface area contributed by atoms with Gasteiger partial charge >= 0.3 is 0 Å². The molecule has 0 bridgehead atoms. The third-order valence-corrected chi connectivity index (χ3v) is 2.44. The predicted octanol–water partition coefficient (Wildman–Crippen LogP) is 3.61. The topological polar surface area (TPSA) is 25.8 Å². The standard InChI is InChI=1S/C14H14N2/c1-5-11-14(9(2)3)16-12-7-6-10(4)8-13(12)15-11/h5-8H,1-2H2,3-4H3. The molecule has 0 radical (unpaired) electrons. The Bertz CT molecular complexity index is 583. The fraction of sp³-hybridized carbons (Fsp3) is 0.143. The molecular weight excluding hydrogens is 196 g/mol. The molecule has 0 spiro atoms. The molecule has 1 heterocycles. The zero-order chi connectivity index (χ0) is 11.7. The van der Waals surface area contributed by atoms with Gasteiger partial charge in [0.2, 0.25) is 0 Å². The molecule has 0 saturated carbocycles. The third kappa shape index (κ3) is 1.74. The highest BCUT2D eigenvalue weighted by molar-refractivity contribution is 5.80. The molecule has 0 saturated heterocycles. The predicted molar refractivity (Wildman–Crippen MR) is 69.1 cm³/mol. The highest BCUT2D eigenvalue weighted by Gasteiger charge is 2.06. The van der Waals surface area contributed by atoms with Gasteiger partial charge in [0.05, 0.1) is 22.4 Å². The largest absolute Gasteiger partial charge is 0.245 e. The van der Waals surface area contributed by atoms with Crippen LogP contribution >= 0.6 is 0 Å². The van der Waals surface area contributed by atoms with E-state index in [0.29, 0.717) is 0 Å². The molecule has 2 heteroatoms. The van der Waals surface area contributed by atoms with E-state index in [-0.39, 0.29) is 0 Å². The lowest BCUT2D eigenvalue weighted by Crippen LogP contribution is -1.96. The van der Waals surface area contributed by atoms with Crippen molar-refractivity contribution in [1.29, 1.82) is 0 Å². The number of nitrogens with zero attached hydrogens (tertiary/aromatic N) is 2. The number of allylic oxidation sites excluding steroid dienone is 1. The molecule has 0 aliphatic rings. The summed E-state index contributed by atoms with van der Waals surface area (Å²) in [7, 11) is 0. The maximum atomic E-state index is 4.55. The smallest absolute Gasteiger partial charge is 0.0917 e. The third-order valence-electron chi connectivity index (χ3n) is 2.44. The van der Waals surface area contributed by atoms with Gasteiger partial charge in [-0.05, 0) is 43.2 Å². The first-order chi connectivity index (χ1) is 7.61. The monoisotopic (exact) mass is 210 g/mol. The van der Waals surface area contributed by atoms with Crippen molar-refractivity contribution < 1.29 is 0 Å². The van der Waals surface area contributed by atoms with Crippen molar-refractivity contribution in [3.05, 3.63) is 48.3 Å². The highest BCUT2D eigenvalue weighted by Crippen LogP contribution is 2.19. The van der Waals surface area contributed by atoms with Gasteiger partial charge in [-0.1, -0.05) is 19.2 Å². The summed E-state index contributed by atoms with van der Waals surface area (Å²) >= 11 is 0. The molecule has 1 aromatic heterocycles. The molecule has 0 fully saturated rings. The van der Waals surface area contributed by atoms with E-state index in [2.05, 4.69) is 23.1 Å². The summed E-state index contributed by atoms with van der Waals surface area (Å²) in [5, 5.41) is 0. The first-order valence-corrected chi connectivity index (χ1v) is 5.18. The van der Waals surface area contributed by atoms with Crippen LogP contribution in [0.3, 0.4) is 0 Å². The van der Waals surface area contributed by atoms with E-state index in [1.165, 1.54) is 5.56 Å². The Kier molecular flexibility index (Phi) is 2.57. The number of fused-ring (bicyclic) bond motifs is 1. The average Bonchev–Trinajstić information content (AvgIpc) is 2.26. The van der Waals surface area contributed by atoms with Gasteiger partial charge in [0, 0.05) is 0 Å². The Morgan fingerprint density at radius 3 is 2.62 bits per heavy atom. The van der Waals surface area contributed by atoms with Crippen LogP contribution in [0.5, 0.6) is 0 Å². The van der Waals surface area contributed by atoms with Crippen LogP contribution in [0.2, 0.25) is 0 Å². The van der Waals surface area contributed by atoms with Crippen molar-refractivity contribution in [1.82, 2.24) is 9.97 Å². The summed E-state index contributed by atoms with van der Waals surface area (Å²) in [6, 6.07) is 6.04. The van der Waals surface area contributed by atoms with Gasteiger partial charge < -0.3 is 0 Å². The summed E-state index contributed by atoms with van der Waals surface area (Å²) in [6.07, 6.45) is 1.72. The first kappa shape index (κ1) is 10.6. The van der Waals surface area contributed by atoms with Gasteiger partial charge in [0.1, 0.15) is 0 Å². The number of aromatic nitrogens is 2. The summed E-state index contributed by atoms with van der Waals surface area (Å²) in [6.45, 7) is 11.6. The molecule has 2 nitrogen and oxygen atoms in total. The molecule has 0 unspecified atom stereocenters. The zero-order valence-corrected chi connectivity index (χ0v) is 9.62. The van der Waals surface area contributed by atoms with E-state index >= 15 is 0 Å². The molecule has 80 valence electrons. The molecule has 2 rings (SSSR count).